The summed E-state index contributed by atoms with van der Waals surface area (Å²) in [5, 5.41) is 3.37. The van der Waals surface area contributed by atoms with Gasteiger partial charge in [-0.25, -0.2) is 22.5 Å². The van der Waals surface area contributed by atoms with Crippen LogP contribution in [0.25, 0.3) is 22.0 Å². The van der Waals surface area contributed by atoms with Crippen molar-refractivity contribution in [2.24, 2.45) is 5.73 Å². The van der Waals surface area contributed by atoms with E-state index in [2.05, 4.69) is 15.3 Å². The molecule has 11 heteroatoms. The summed E-state index contributed by atoms with van der Waals surface area (Å²) in [6.45, 7) is 0. The molecule has 6 N–H and O–H groups in total. The Morgan fingerprint density at radius 1 is 0.902 bits per heavy atom. The number of pyridine rings is 1. The fourth-order valence-electron chi connectivity index (χ4n) is 4.78. The molecule has 0 aliphatic heterocycles. The number of primary amides is 1. The van der Waals surface area contributed by atoms with Gasteiger partial charge < -0.3 is 21.8 Å². The smallest absolute Gasteiger partial charge is 0.251 e. The number of carbonyl (C=O) groups is 2. The van der Waals surface area contributed by atoms with Gasteiger partial charge in [0, 0.05) is 28.7 Å². The van der Waals surface area contributed by atoms with Crippen LogP contribution in [0.15, 0.2) is 72.9 Å². The number of amides is 2. The molecule has 41 heavy (non-hydrogen) atoms. The van der Waals surface area contributed by atoms with Crippen molar-refractivity contribution in [3.8, 4) is 11.1 Å². The van der Waals surface area contributed by atoms with Crippen LogP contribution in [0.2, 0.25) is 0 Å². The molecule has 2 amide bonds. The van der Waals surface area contributed by atoms with Crippen molar-refractivity contribution in [1.29, 1.82) is 0 Å². The monoisotopic (exact) mass is 561 g/mol. The number of H-pyrrole nitrogens is 1. The second-order valence-electron chi connectivity index (χ2n) is 9.51. The number of nitrogens with zero attached hydrogens (tertiary/aromatic N) is 1. The van der Waals surface area contributed by atoms with E-state index in [0.29, 0.717) is 27.6 Å². The Hall–Kier alpha value is -5.19. The Kier molecular flexibility index (Phi) is 7.43. The third-order valence-corrected chi connectivity index (χ3v) is 6.60. The topological polar surface area (TPSA) is 127 Å². The number of halogens is 4. The van der Waals surface area contributed by atoms with E-state index >= 15 is 0 Å². The standard InChI is InChI=1S/C30H23F4N5O2/c31-18-2-5-25-22(13-18)17(14-37-25)11-28(40)38-26(9-15-7-19(32)12-20(33)8-15)29-21(3-6-27(35)39-29)16-1-4-24(34)23(10-16)30(36)41/h1-8,10,12-14,26,37H,9,11H2,(H2,35,39)(H2,36,41)(H,38,40)/t26-/m1/s1. The highest BCUT2D eigenvalue weighted by molar-refractivity contribution is 5.94. The molecule has 0 aliphatic rings. The number of hydrogen-bond donors (Lipinski definition) is 4. The molecule has 2 heterocycles. The second-order valence-corrected chi connectivity index (χ2v) is 9.51. The number of aromatic amines is 1. The summed E-state index contributed by atoms with van der Waals surface area (Å²) in [5.74, 6) is -4.30. The normalized spacial score (nSPS) is 11.9. The molecule has 0 fully saturated rings. The van der Waals surface area contributed by atoms with Gasteiger partial charge in [0.15, 0.2) is 0 Å². The zero-order valence-corrected chi connectivity index (χ0v) is 21.4. The van der Waals surface area contributed by atoms with E-state index in [1.165, 1.54) is 30.3 Å². The number of hydrogen-bond acceptors (Lipinski definition) is 4. The van der Waals surface area contributed by atoms with Gasteiger partial charge in [-0.15, -0.1) is 0 Å². The third-order valence-electron chi connectivity index (χ3n) is 6.60. The van der Waals surface area contributed by atoms with E-state index in [9.17, 15) is 27.2 Å². The first kappa shape index (κ1) is 27.4. The summed E-state index contributed by atoms with van der Waals surface area (Å²) in [7, 11) is 0. The molecule has 2 aromatic heterocycles. The van der Waals surface area contributed by atoms with Gasteiger partial charge in [0.05, 0.1) is 23.7 Å². The molecular weight excluding hydrogens is 538 g/mol. The largest absolute Gasteiger partial charge is 0.384 e. The van der Waals surface area contributed by atoms with Crippen LogP contribution in [0.3, 0.4) is 0 Å². The Bertz CT molecular complexity index is 1780. The number of fused-ring (bicyclic) bond motifs is 1. The van der Waals surface area contributed by atoms with Crippen LogP contribution in [0.1, 0.15) is 33.2 Å². The molecule has 0 radical (unpaired) electrons. The van der Waals surface area contributed by atoms with Gasteiger partial charge >= 0.3 is 0 Å². The minimum atomic E-state index is -0.982. The fourth-order valence-corrected chi connectivity index (χ4v) is 4.78. The highest BCUT2D eigenvalue weighted by atomic mass is 19.1. The lowest BCUT2D eigenvalue weighted by atomic mass is 9.94. The summed E-state index contributed by atoms with van der Waals surface area (Å²) in [4.78, 5) is 32.5. The summed E-state index contributed by atoms with van der Waals surface area (Å²) < 4.78 is 56.2. The minimum absolute atomic E-state index is 0.0813. The molecule has 0 bridgehead atoms. The Labute approximate surface area is 231 Å². The molecule has 0 saturated carbocycles. The van der Waals surface area contributed by atoms with E-state index in [0.717, 1.165) is 24.3 Å². The first-order valence-electron chi connectivity index (χ1n) is 12.4. The van der Waals surface area contributed by atoms with E-state index in [1.807, 2.05) is 0 Å². The van der Waals surface area contributed by atoms with Gasteiger partial charge in [-0.3, -0.25) is 9.59 Å². The molecule has 0 unspecified atom stereocenters. The highest BCUT2D eigenvalue weighted by Gasteiger charge is 2.24. The van der Waals surface area contributed by atoms with Crippen LogP contribution in [0.5, 0.6) is 0 Å². The molecule has 0 aliphatic carbocycles. The van der Waals surface area contributed by atoms with Gasteiger partial charge in [0.25, 0.3) is 5.91 Å². The number of nitrogens with one attached hydrogen (secondary N) is 2. The van der Waals surface area contributed by atoms with Crippen LogP contribution >= 0.6 is 0 Å². The van der Waals surface area contributed by atoms with Crippen LogP contribution in [-0.4, -0.2) is 21.8 Å². The first-order chi connectivity index (χ1) is 19.6. The third kappa shape index (κ3) is 6.03. The van der Waals surface area contributed by atoms with Crippen LogP contribution in [0, 0.1) is 23.3 Å². The summed E-state index contributed by atoms with van der Waals surface area (Å²) >= 11 is 0. The number of benzene rings is 3. The number of nitrogens with two attached hydrogens (primary N) is 2. The summed E-state index contributed by atoms with van der Waals surface area (Å²) in [6.07, 6.45) is 1.34. The van der Waals surface area contributed by atoms with E-state index < -0.39 is 41.1 Å². The van der Waals surface area contributed by atoms with Gasteiger partial charge in [-0.1, -0.05) is 6.07 Å². The SMILES string of the molecule is NC(=O)c1cc(-c2ccc(N)nc2[C@@H](Cc2cc(F)cc(F)c2)NC(=O)Cc2c[nH]c3ccc(F)cc23)ccc1F. The van der Waals surface area contributed by atoms with Gasteiger partial charge in [0.2, 0.25) is 5.91 Å². The van der Waals surface area contributed by atoms with Crippen molar-refractivity contribution in [2.45, 2.75) is 18.9 Å². The van der Waals surface area contributed by atoms with Crippen molar-refractivity contribution in [2.75, 3.05) is 5.73 Å². The maximum Gasteiger partial charge on any atom is 0.251 e. The lowest BCUT2D eigenvalue weighted by molar-refractivity contribution is -0.121. The fraction of sp³-hybridized carbons (Fsp3) is 0.100. The molecule has 0 saturated heterocycles. The minimum Gasteiger partial charge on any atom is -0.384 e. The second kappa shape index (κ2) is 11.1. The molecule has 0 spiro atoms. The zero-order valence-electron chi connectivity index (χ0n) is 21.4. The highest BCUT2D eigenvalue weighted by Crippen LogP contribution is 2.32. The molecule has 3 aromatic carbocycles. The summed E-state index contributed by atoms with van der Waals surface area (Å²) in [5.41, 5.74) is 13.3. The molecule has 7 nitrogen and oxygen atoms in total. The lowest BCUT2D eigenvalue weighted by Crippen LogP contribution is -2.32. The molecule has 5 aromatic rings. The van der Waals surface area contributed by atoms with Crippen LogP contribution in [0.4, 0.5) is 23.4 Å². The Morgan fingerprint density at radius 3 is 2.39 bits per heavy atom. The van der Waals surface area contributed by atoms with Crippen molar-refractivity contribution >= 4 is 28.5 Å². The van der Waals surface area contributed by atoms with E-state index in [-0.39, 0.29) is 35.5 Å². The summed E-state index contributed by atoms with van der Waals surface area (Å²) in [6, 6.07) is 12.9. The molecule has 208 valence electrons. The van der Waals surface area contributed by atoms with Crippen molar-refractivity contribution in [3.05, 3.63) is 119 Å². The molecule has 1 atom stereocenters. The van der Waals surface area contributed by atoms with Crippen molar-refractivity contribution < 1.29 is 27.2 Å². The van der Waals surface area contributed by atoms with Gasteiger partial charge in [-0.2, -0.15) is 0 Å². The Morgan fingerprint density at radius 2 is 1.66 bits per heavy atom. The van der Waals surface area contributed by atoms with Crippen LogP contribution in [-0.2, 0) is 17.6 Å². The number of rotatable bonds is 8. The predicted molar refractivity (Wildman–Crippen MR) is 145 cm³/mol. The maximum atomic E-state index is 14.2. The zero-order chi connectivity index (χ0) is 29.3. The van der Waals surface area contributed by atoms with Gasteiger partial charge in [-0.05, 0) is 77.7 Å². The van der Waals surface area contributed by atoms with E-state index in [1.54, 1.807) is 18.3 Å². The first-order valence-corrected chi connectivity index (χ1v) is 12.4. The quantitative estimate of drug-likeness (QED) is 0.196. The van der Waals surface area contributed by atoms with Crippen molar-refractivity contribution in [1.82, 2.24) is 15.3 Å². The molecular formula is C30H23F4N5O2. The molecule has 5 rings (SSSR count). The number of nitrogen functional groups attached to an aromatic ring is 1. The predicted octanol–water partition coefficient (Wildman–Crippen LogP) is 5.11. The number of aromatic nitrogens is 2. The lowest BCUT2D eigenvalue weighted by Gasteiger charge is -2.22. The van der Waals surface area contributed by atoms with Crippen LogP contribution < -0.4 is 16.8 Å². The van der Waals surface area contributed by atoms with E-state index in [4.69, 9.17) is 11.5 Å². The maximum absolute atomic E-state index is 14.2. The number of carbonyl (C=O) groups excluding carboxylic acids is 2. The Balaban J connectivity index is 1.56. The van der Waals surface area contributed by atoms with Crippen molar-refractivity contribution in [3.63, 3.8) is 0 Å². The number of anilines is 1. The van der Waals surface area contributed by atoms with Gasteiger partial charge in [0.1, 0.15) is 29.1 Å². The average Bonchev–Trinajstić information content (AvgIpc) is 3.29. The average molecular weight is 562 g/mol.